The Balaban J connectivity index is 2.42. The van der Waals surface area contributed by atoms with Gasteiger partial charge in [0.2, 0.25) is 0 Å². The Bertz CT molecular complexity index is 559. The average molecular weight is 433 g/mol. The van der Waals surface area contributed by atoms with Crippen LogP contribution in [0.1, 0.15) is 4.94 Å². The van der Waals surface area contributed by atoms with Crippen LogP contribution in [0.4, 0.5) is 0 Å². The molecule has 18 heavy (non-hydrogen) atoms. The van der Waals surface area contributed by atoms with E-state index in [1.807, 2.05) is 0 Å². The number of aliphatic hydroxyl groups is 3. The topological polar surface area (TPSA) is 116 Å². The molecular weight excluding hydrogens is 422 g/mol. The van der Waals surface area contributed by atoms with Crippen LogP contribution >= 0.6 is 22.6 Å². The van der Waals surface area contributed by atoms with Gasteiger partial charge in [-0.15, -0.1) is 0 Å². The molecule has 1 aromatic heterocycles. The second kappa shape index (κ2) is 5.43. The molecule has 0 aliphatic carbocycles. The predicted octanol–water partition coefficient (Wildman–Crippen LogP) is -2.14. The van der Waals surface area contributed by atoms with E-state index in [0.717, 1.165) is 0 Å². The first-order valence-electron chi connectivity index (χ1n) is 5.09. The van der Waals surface area contributed by atoms with Gasteiger partial charge in [-0.2, -0.15) is 0 Å². The van der Waals surface area contributed by atoms with Crippen molar-refractivity contribution in [2.75, 3.05) is 6.61 Å². The molecule has 100 valence electrons. The monoisotopic (exact) mass is 434 g/mol. The van der Waals surface area contributed by atoms with Crippen molar-refractivity contribution in [3.63, 3.8) is 0 Å². The summed E-state index contributed by atoms with van der Waals surface area (Å²) < 4.78 is 1.56. The van der Waals surface area contributed by atoms with E-state index >= 15 is 0 Å². The number of halogens is 1. The first-order valence-corrected chi connectivity index (χ1v) is 8.15. The van der Waals surface area contributed by atoms with Crippen molar-refractivity contribution in [2.24, 2.45) is 0 Å². The number of aromatic nitrogens is 2. The Kier molecular flexibility index (Phi) is 4.29. The van der Waals surface area contributed by atoms with Crippen molar-refractivity contribution < 1.29 is 15.3 Å². The van der Waals surface area contributed by atoms with E-state index in [9.17, 15) is 19.8 Å². The van der Waals surface area contributed by atoms with Crippen LogP contribution in [0.25, 0.3) is 0 Å². The number of hydrogen-bond donors (Lipinski definition) is 4. The Hall–Kier alpha value is -0.191. The molecular formula is C9H11IN2O5Se. The molecule has 1 aromatic rings. The number of nitrogens with one attached hydrogen (secondary N) is 1. The van der Waals surface area contributed by atoms with Crippen LogP contribution in [0, 0.1) is 3.57 Å². The van der Waals surface area contributed by atoms with Gasteiger partial charge >= 0.3 is 122 Å². The van der Waals surface area contributed by atoms with Crippen molar-refractivity contribution in [1.29, 1.82) is 0 Å². The van der Waals surface area contributed by atoms with Gasteiger partial charge in [-0.05, 0) is 0 Å². The third-order valence-corrected chi connectivity index (χ3v) is 6.76. The van der Waals surface area contributed by atoms with Gasteiger partial charge in [-0.25, -0.2) is 0 Å². The average Bonchev–Trinajstić information content (AvgIpc) is 2.61. The molecule has 1 fully saturated rings. The molecule has 4 atom stereocenters. The predicted molar refractivity (Wildman–Crippen MR) is 71.7 cm³/mol. The Morgan fingerprint density at radius 3 is 2.61 bits per heavy atom. The van der Waals surface area contributed by atoms with Crippen LogP contribution in [0.2, 0.25) is 4.82 Å². The molecule has 7 nitrogen and oxygen atoms in total. The summed E-state index contributed by atoms with van der Waals surface area (Å²) in [5, 5.41) is 28.7. The molecule has 2 heterocycles. The van der Waals surface area contributed by atoms with Gasteiger partial charge in [0.15, 0.2) is 0 Å². The van der Waals surface area contributed by atoms with E-state index in [-0.39, 0.29) is 21.6 Å². The van der Waals surface area contributed by atoms with Crippen LogP contribution in [0.3, 0.4) is 0 Å². The van der Waals surface area contributed by atoms with Crippen molar-refractivity contribution >= 4 is 37.5 Å². The minimum atomic E-state index is -1.11. The van der Waals surface area contributed by atoms with E-state index < -0.39 is 33.2 Å². The molecule has 9 heteroatoms. The maximum atomic E-state index is 11.7. The Morgan fingerprint density at radius 2 is 2.06 bits per heavy atom. The summed E-state index contributed by atoms with van der Waals surface area (Å²) in [4.78, 5) is 24.1. The molecule has 0 radical (unpaired) electrons. The number of rotatable bonds is 2. The standard InChI is InChI=1S/C9H11IN2O5Se/c10-3-1-12(9(17)11-7(3)16)8-6(15)5(14)4(2-13)18-8/h1,4-6,8,13-15H,2H2,(H,11,16,17)/t4-,5-,6+,8?/m1/s1. The summed E-state index contributed by atoms with van der Waals surface area (Å²) in [6.45, 7) is -0.232. The second-order valence-electron chi connectivity index (χ2n) is 3.87. The third kappa shape index (κ3) is 2.43. The summed E-state index contributed by atoms with van der Waals surface area (Å²) in [6.07, 6.45) is -0.790. The van der Waals surface area contributed by atoms with Gasteiger partial charge in [-0.1, -0.05) is 0 Å². The van der Waals surface area contributed by atoms with E-state index in [0.29, 0.717) is 3.57 Å². The Labute approximate surface area is 121 Å². The zero-order chi connectivity index (χ0) is 13.4. The van der Waals surface area contributed by atoms with Crippen LogP contribution in [-0.4, -0.2) is 58.6 Å². The van der Waals surface area contributed by atoms with E-state index in [4.69, 9.17) is 5.11 Å². The van der Waals surface area contributed by atoms with Crippen molar-refractivity contribution in [3.8, 4) is 0 Å². The van der Waals surface area contributed by atoms with E-state index in [2.05, 4.69) is 4.98 Å². The van der Waals surface area contributed by atoms with Crippen LogP contribution < -0.4 is 11.2 Å². The SMILES string of the molecule is O=c1[nH]c(=O)n(C2[Se][C@H](CO)[C@@H](O)[C@@H]2O)cc1I. The van der Waals surface area contributed by atoms with Crippen molar-refractivity contribution in [3.05, 3.63) is 30.6 Å². The summed E-state index contributed by atoms with van der Waals surface area (Å²) in [5.74, 6) is 0. The Morgan fingerprint density at radius 1 is 1.39 bits per heavy atom. The summed E-state index contributed by atoms with van der Waals surface area (Å²) in [7, 11) is 0. The fourth-order valence-corrected chi connectivity index (χ4v) is 5.08. The minimum absolute atomic E-state index is 0.232. The first-order chi connectivity index (χ1) is 8.45. The van der Waals surface area contributed by atoms with Gasteiger partial charge in [0, 0.05) is 0 Å². The molecule has 1 aliphatic heterocycles. The fraction of sp³-hybridized carbons (Fsp3) is 0.556. The molecule has 1 unspecified atom stereocenters. The molecule has 0 spiro atoms. The van der Waals surface area contributed by atoms with Crippen molar-refractivity contribution in [1.82, 2.24) is 9.55 Å². The third-order valence-electron chi connectivity index (χ3n) is 2.72. The number of nitrogens with zero attached hydrogens (tertiary/aromatic N) is 1. The summed E-state index contributed by atoms with van der Waals surface area (Å²) in [5.41, 5.74) is -1.09. The molecule has 2 rings (SSSR count). The normalized spacial score (nSPS) is 31.8. The molecule has 0 aromatic carbocycles. The molecule has 0 amide bonds. The zero-order valence-corrected chi connectivity index (χ0v) is 12.9. The summed E-state index contributed by atoms with van der Waals surface area (Å²) in [6, 6.07) is 0. The van der Waals surface area contributed by atoms with Crippen LogP contribution in [-0.2, 0) is 0 Å². The number of aliphatic hydroxyl groups excluding tert-OH is 3. The quantitative estimate of drug-likeness (QED) is 0.314. The van der Waals surface area contributed by atoms with Crippen LogP contribution in [0.5, 0.6) is 0 Å². The van der Waals surface area contributed by atoms with Gasteiger partial charge < -0.3 is 0 Å². The van der Waals surface area contributed by atoms with Gasteiger partial charge in [0.05, 0.1) is 0 Å². The van der Waals surface area contributed by atoms with Crippen molar-refractivity contribution in [2.45, 2.75) is 22.0 Å². The number of hydrogen-bond acceptors (Lipinski definition) is 5. The van der Waals surface area contributed by atoms with Gasteiger partial charge in [-0.3, -0.25) is 0 Å². The second-order valence-corrected chi connectivity index (χ2v) is 7.89. The number of aromatic amines is 1. The fourth-order valence-electron chi connectivity index (χ4n) is 1.76. The molecule has 4 N–H and O–H groups in total. The molecule has 0 saturated carbocycles. The van der Waals surface area contributed by atoms with Gasteiger partial charge in [0.1, 0.15) is 0 Å². The molecule has 0 bridgehead atoms. The van der Waals surface area contributed by atoms with E-state index in [1.165, 1.54) is 10.8 Å². The summed E-state index contributed by atoms with van der Waals surface area (Å²) >= 11 is 1.46. The maximum absolute atomic E-state index is 11.7. The van der Waals surface area contributed by atoms with Gasteiger partial charge in [0.25, 0.3) is 0 Å². The van der Waals surface area contributed by atoms with Crippen LogP contribution in [0.15, 0.2) is 15.8 Å². The first kappa shape index (κ1) is 14.2. The molecule has 1 aliphatic rings. The molecule has 1 saturated heterocycles. The van der Waals surface area contributed by atoms with E-state index in [1.54, 1.807) is 22.6 Å². The number of H-pyrrole nitrogens is 1. The zero-order valence-electron chi connectivity index (χ0n) is 8.99.